The molecule has 1 heterocycles. The normalized spacial score (nSPS) is 16.4. The first-order chi connectivity index (χ1) is 14.4. The van der Waals surface area contributed by atoms with Crippen molar-refractivity contribution in [2.24, 2.45) is 0 Å². The van der Waals surface area contributed by atoms with E-state index in [-0.39, 0.29) is 23.9 Å². The average Bonchev–Trinajstić information content (AvgIpc) is 2.98. The SMILES string of the molecule is CCOc1cccc(N2C(=O)C(O)=C(C(=O)CC)C2c2cccc(OC(C)C)c2)c1. The van der Waals surface area contributed by atoms with Gasteiger partial charge in [-0.2, -0.15) is 0 Å². The van der Waals surface area contributed by atoms with Gasteiger partial charge in [0.15, 0.2) is 11.5 Å². The highest BCUT2D eigenvalue weighted by molar-refractivity contribution is 6.16. The van der Waals surface area contributed by atoms with Crippen LogP contribution in [0.4, 0.5) is 5.69 Å². The Hall–Kier alpha value is -3.28. The molecule has 30 heavy (non-hydrogen) atoms. The van der Waals surface area contributed by atoms with E-state index < -0.39 is 17.7 Å². The number of aliphatic hydroxyl groups is 1. The molecule has 0 bridgehead atoms. The van der Waals surface area contributed by atoms with Gasteiger partial charge in [0, 0.05) is 18.2 Å². The van der Waals surface area contributed by atoms with E-state index in [4.69, 9.17) is 9.47 Å². The lowest BCUT2D eigenvalue weighted by molar-refractivity contribution is -0.118. The first kappa shape index (κ1) is 21.4. The Morgan fingerprint density at radius 3 is 2.47 bits per heavy atom. The summed E-state index contributed by atoms with van der Waals surface area (Å²) >= 11 is 0. The zero-order chi connectivity index (χ0) is 21.8. The molecule has 1 unspecified atom stereocenters. The smallest absolute Gasteiger partial charge is 0.294 e. The average molecular weight is 409 g/mol. The fourth-order valence-corrected chi connectivity index (χ4v) is 3.58. The van der Waals surface area contributed by atoms with Crippen molar-refractivity contribution in [2.75, 3.05) is 11.5 Å². The van der Waals surface area contributed by atoms with Crippen LogP contribution in [0, 0.1) is 0 Å². The van der Waals surface area contributed by atoms with Gasteiger partial charge in [0.2, 0.25) is 0 Å². The second-order valence-electron chi connectivity index (χ2n) is 7.29. The van der Waals surface area contributed by atoms with E-state index in [1.54, 1.807) is 37.3 Å². The lowest BCUT2D eigenvalue weighted by Gasteiger charge is -2.27. The first-order valence-corrected chi connectivity index (χ1v) is 10.2. The Morgan fingerprint density at radius 1 is 1.10 bits per heavy atom. The van der Waals surface area contributed by atoms with Crippen molar-refractivity contribution in [1.82, 2.24) is 0 Å². The zero-order valence-electron chi connectivity index (χ0n) is 17.7. The Balaban J connectivity index is 2.13. The van der Waals surface area contributed by atoms with Crippen LogP contribution in [-0.4, -0.2) is 29.5 Å². The summed E-state index contributed by atoms with van der Waals surface area (Å²) in [6.07, 6.45) is 0.156. The number of anilines is 1. The number of benzene rings is 2. The fraction of sp³-hybridized carbons (Fsp3) is 0.333. The van der Waals surface area contributed by atoms with Gasteiger partial charge in [0.1, 0.15) is 11.5 Å². The van der Waals surface area contributed by atoms with Crippen LogP contribution in [0.2, 0.25) is 0 Å². The number of aliphatic hydroxyl groups excluding tert-OH is 1. The molecule has 6 heteroatoms. The molecule has 1 aliphatic heterocycles. The molecule has 0 spiro atoms. The van der Waals surface area contributed by atoms with Crippen molar-refractivity contribution in [3.63, 3.8) is 0 Å². The van der Waals surface area contributed by atoms with Crippen molar-refractivity contribution in [3.8, 4) is 11.5 Å². The number of ketones is 1. The summed E-state index contributed by atoms with van der Waals surface area (Å²) < 4.78 is 11.4. The van der Waals surface area contributed by atoms with Crippen LogP contribution in [0.5, 0.6) is 11.5 Å². The quantitative estimate of drug-likeness (QED) is 0.681. The number of carbonyl (C=O) groups excluding carboxylic acids is 2. The molecular formula is C24H27NO5. The van der Waals surface area contributed by atoms with Crippen LogP contribution in [0.25, 0.3) is 0 Å². The summed E-state index contributed by atoms with van der Waals surface area (Å²) in [7, 11) is 0. The number of amides is 1. The van der Waals surface area contributed by atoms with E-state index in [2.05, 4.69) is 0 Å². The van der Waals surface area contributed by atoms with Crippen LogP contribution in [0.15, 0.2) is 59.9 Å². The number of nitrogens with zero attached hydrogens (tertiary/aromatic N) is 1. The van der Waals surface area contributed by atoms with Gasteiger partial charge in [-0.1, -0.05) is 25.1 Å². The standard InChI is InChI=1S/C24H27NO5/c1-5-20(26)21-22(16-9-7-12-19(13-16)30-15(3)4)25(24(28)23(21)27)17-10-8-11-18(14-17)29-6-2/h7-15,22,27H,5-6H2,1-4H3. The maximum absolute atomic E-state index is 13.0. The van der Waals surface area contributed by atoms with Crippen LogP contribution in [-0.2, 0) is 9.59 Å². The lowest BCUT2D eigenvalue weighted by atomic mass is 9.94. The van der Waals surface area contributed by atoms with Gasteiger partial charge < -0.3 is 14.6 Å². The largest absolute Gasteiger partial charge is 0.503 e. The van der Waals surface area contributed by atoms with Crippen molar-refractivity contribution in [2.45, 2.75) is 46.3 Å². The molecule has 1 N–H and O–H groups in total. The molecule has 0 aliphatic carbocycles. The molecule has 0 aromatic heterocycles. The molecule has 1 amide bonds. The highest BCUT2D eigenvalue weighted by atomic mass is 16.5. The highest BCUT2D eigenvalue weighted by Crippen LogP contribution is 2.42. The van der Waals surface area contributed by atoms with Gasteiger partial charge >= 0.3 is 0 Å². The second-order valence-corrected chi connectivity index (χ2v) is 7.29. The number of carbonyl (C=O) groups is 2. The lowest BCUT2D eigenvalue weighted by Crippen LogP contribution is -2.31. The number of rotatable bonds is 8. The molecule has 0 saturated heterocycles. The predicted molar refractivity (Wildman–Crippen MR) is 115 cm³/mol. The van der Waals surface area contributed by atoms with Gasteiger partial charge in [0.05, 0.1) is 24.3 Å². The van der Waals surface area contributed by atoms with Crippen molar-refractivity contribution < 1.29 is 24.2 Å². The highest BCUT2D eigenvalue weighted by Gasteiger charge is 2.44. The third kappa shape index (κ3) is 4.17. The van der Waals surface area contributed by atoms with E-state index in [0.29, 0.717) is 29.4 Å². The molecule has 158 valence electrons. The second kappa shape index (κ2) is 9.03. The van der Waals surface area contributed by atoms with Crippen LogP contribution >= 0.6 is 0 Å². The van der Waals surface area contributed by atoms with Gasteiger partial charge in [-0.15, -0.1) is 0 Å². The summed E-state index contributed by atoms with van der Waals surface area (Å²) in [4.78, 5) is 27.2. The van der Waals surface area contributed by atoms with Crippen molar-refractivity contribution >= 4 is 17.4 Å². The molecule has 0 fully saturated rings. The van der Waals surface area contributed by atoms with Crippen LogP contribution in [0.1, 0.15) is 45.7 Å². The zero-order valence-corrected chi connectivity index (χ0v) is 17.7. The molecule has 0 saturated carbocycles. The Kier molecular flexibility index (Phi) is 6.45. The fourth-order valence-electron chi connectivity index (χ4n) is 3.58. The van der Waals surface area contributed by atoms with Gasteiger partial charge in [-0.25, -0.2) is 0 Å². The predicted octanol–water partition coefficient (Wildman–Crippen LogP) is 4.75. The third-order valence-corrected chi connectivity index (χ3v) is 4.78. The number of Topliss-reactive ketones (excluding diaryl/α,β-unsaturated/α-hetero) is 1. The molecule has 2 aromatic carbocycles. The summed E-state index contributed by atoms with van der Waals surface area (Å²) in [6.45, 7) is 7.92. The van der Waals surface area contributed by atoms with Gasteiger partial charge in [0.25, 0.3) is 5.91 Å². The molecule has 0 radical (unpaired) electrons. The number of ether oxygens (including phenoxy) is 2. The Bertz CT molecular complexity index is 979. The van der Waals surface area contributed by atoms with Crippen molar-refractivity contribution in [1.29, 1.82) is 0 Å². The minimum atomic E-state index is -0.752. The maximum Gasteiger partial charge on any atom is 0.294 e. The third-order valence-electron chi connectivity index (χ3n) is 4.78. The molecule has 1 atom stereocenters. The molecular weight excluding hydrogens is 382 g/mol. The topological polar surface area (TPSA) is 76.1 Å². The summed E-state index contributed by atoms with van der Waals surface area (Å²) in [5, 5.41) is 10.6. The van der Waals surface area contributed by atoms with E-state index in [1.165, 1.54) is 4.90 Å². The Labute approximate surface area is 176 Å². The van der Waals surface area contributed by atoms with E-state index >= 15 is 0 Å². The van der Waals surface area contributed by atoms with Crippen LogP contribution in [0.3, 0.4) is 0 Å². The van der Waals surface area contributed by atoms with Gasteiger partial charge in [-0.3, -0.25) is 14.5 Å². The summed E-state index contributed by atoms with van der Waals surface area (Å²) in [5.41, 5.74) is 1.33. The Morgan fingerprint density at radius 2 is 1.80 bits per heavy atom. The molecule has 1 aliphatic rings. The summed E-state index contributed by atoms with van der Waals surface area (Å²) in [6, 6.07) is 13.6. The molecule has 6 nitrogen and oxygen atoms in total. The number of hydrogen-bond donors (Lipinski definition) is 1. The maximum atomic E-state index is 13.0. The van der Waals surface area contributed by atoms with Gasteiger partial charge in [-0.05, 0) is 50.6 Å². The minimum absolute atomic E-state index is 0.0230. The van der Waals surface area contributed by atoms with Crippen molar-refractivity contribution in [3.05, 3.63) is 65.4 Å². The van der Waals surface area contributed by atoms with E-state index in [0.717, 1.165) is 0 Å². The monoisotopic (exact) mass is 409 g/mol. The van der Waals surface area contributed by atoms with E-state index in [1.807, 2.05) is 39.0 Å². The summed E-state index contributed by atoms with van der Waals surface area (Å²) in [5.74, 6) is -0.158. The molecule has 3 rings (SSSR count). The van der Waals surface area contributed by atoms with E-state index in [9.17, 15) is 14.7 Å². The van der Waals surface area contributed by atoms with Crippen LogP contribution < -0.4 is 14.4 Å². The molecule has 2 aromatic rings. The first-order valence-electron chi connectivity index (χ1n) is 10.2. The minimum Gasteiger partial charge on any atom is -0.503 e. The number of hydrogen-bond acceptors (Lipinski definition) is 5.